The number of oxazole rings is 1. The van der Waals surface area contributed by atoms with Crippen LogP contribution in [-0.4, -0.2) is 52.7 Å². The molecular weight excluding hydrogens is 330 g/mol. The molecule has 0 bridgehead atoms. The number of hydrogen-bond acceptors (Lipinski definition) is 5. The van der Waals surface area contributed by atoms with Crippen molar-refractivity contribution in [3.63, 3.8) is 0 Å². The van der Waals surface area contributed by atoms with Crippen molar-refractivity contribution in [3.8, 4) is 11.3 Å². The molecule has 6 heteroatoms. The van der Waals surface area contributed by atoms with E-state index in [1.165, 1.54) is 0 Å². The molecule has 0 saturated carbocycles. The highest BCUT2D eigenvalue weighted by molar-refractivity contribution is 5.82. The number of nitrogens with zero attached hydrogens (tertiary/aromatic N) is 2. The van der Waals surface area contributed by atoms with Gasteiger partial charge in [-0.05, 0) is 26.2 Å². The Morgan fingerprint density at radius 3 is 2.65 bits per heavy atom. The SMILES string of the molecule is Cc1oc(C2CCN(C(=O)[C@H]3C[C@H](O)CN3)CC2)nc1-c1ccccc1. The van der Waals surface area contributed by atoms with Crippen molar-refractivity contribution in [3.05, 3.63) is 42.0 Å². The lowest BCUT2D eigenvalue weighted by Gasteiger charge is -2.32. The lowest BCUT2D eigenvalue weighted by molar-refractivity contribution is -0.134. The second-order valence-electron chi connectivity index (χ2n) is 7.27. The van der Waals surface area contributed by atoms with Crippen LogP contribution in [0.5, 0.6) is 0 Å². The summed E-state index contributed by atoms with van der Waals surface area (Å²) in [4.78, 5) is 19.2. The van der Waals surface area contributed by atoms with E-state index in [-0.39, 0.29) is 17.9 Å². The number of aliphatic hydroxyl groups is 1. The van der Waals surface area contributed by atoms with Crippen molar-refractivity contribution < 1.29 is 14.3 Å². The van der Waals surface area contributed by atoms with Crippen LogP contribution in [0.3, 0.4) is 0 Å². The van der Waals surface area contributed by atoms with Gasteiger partial charge in [-0.25, -0.2) is 4.98 Å². The maximum atomic E-state index is 12.5. The van der Waals surface area contributed by atoms with Crippen LogP contribution in [0.25, 0.3) is 11.3 Å². The van der Waals surface area contributed by atoms with Crippen LogP contribution in [0.2, 0.25) is 0 Å². The van der Waals surface area contributed by atoms with E-state index in [0.717, 1.165) is 35.7 Å². The second-order valence-corrected chi connectivity index (χ2v) is 7.27. The molecule has 0 radical (unpaired) electrons. The number of carbonyl (C=O) groups is 1. The van der Waals surface area contributed by atoms with Gasteiger partial charge in [0, 0.05) is 31.1 Å². The van der Waals surface area contributed by atoms with Gasteiger partial charge in [0.15, 0.2) is 5.89 Å². The number of piperidine rings is 1. The Kier molecular flexibility index (Phi) is 4.78. The average Bonchev–Trinajstić information content (AvgIpc) is 3.28. The molecule has 0 spiro atoms. The minimum Gasteiger partial charge on any atom is -0.445 e. The molecule has 138 valence electrons. The maximum Gasteiger partial charge on any atom is 0.239 e. The molecule has 0 unspecified atom stereocenters. The molecule has 1 aromatic heterocycles. The highest BCUT2D eigenvalue weighted by Gasteiger charge is 2.34. The molecule has 2 aromatic rings. The number of nitrogens with one attached hydrogen (secondary N) is 1. The highest BCUT2D eigenvalue weighted by atomic mass is 16.4. The summed E-state index contributed by atoms with van der Waals surface area (Å²) in [6, 6.07) is 9.83. The zero-order valence-corrected chi connectivity index (χ0v) is 15.0. The number of aromatic nitrogens is 1. The van der Waals surface area contributed by atoms with Gasteiger partial charge in [0.1, 0.15) is 11.5 Å². The van der Waals surface area contributed by atoms with Crippen LogP contribution in [0.15, 0.2) is 34.7 Å². The molecular formula is C20H25N3O3. The molecule has 2 saturated heterocycles. The van der Waals surface area contributed by atoms with Crippen LogP contribution in [0.1, 0.15) is 36.8 Å². The zero-order valence-electron chi connectivity index (χ0n) is 15.0. The molecule has 3 heterocycles. The van der Waals surface area contributed by atoms with Crippen molar-refractivity contribution in [1.29, 1.82) is 0 Å². The van der Waals surface area contributed by atoms with Crippen molar-refractivity contribution >= 4 is 5.91 Å². The summed E-state index contributed by atoms with van der Waals surface area (Å²) in [5.74, 6) is 1.97. The van der Waals surface area contributed by atoms with Crippen LogP contribution in [-0.2, 0) is 4.79 Å². The van der Waals surface area contributed by atoms with E-state index in [2.05, 4.69) is 5.32 Å². The molecule has 1 amide bonds. The van der Waals surface area contributed by atoms with Crippen LogP contribution < -0.4 is 5.32 Å². The number of rotatable bonds is 3. The van der Waals surface area contributed by atoms with Crippen LogP contribution >= 0.6 is 0 Å². The normalized spacial score (nSPS) is 24.2. The highest BCUT2D eigenvalue weighted by Crippen LogP contribution is 2.32. The molecule has 26 heavy (non-hydrogen) atoms. The minimum absolute atomic E-state index is 0.105. The summed E-state index contributed by atoms with van der Waals surface area (Å²) in [7, 11) is 0. The van der Waals surface area contributed by atoms with Gasteiger partial charge in [0.05, 0.1) is 12.1 Å². The number of amides is 1. The number of carbonyl (C=O) groups excluding carboxylic acids is 1. The average molecular weight is 355 g/mol. The third-order valence-electron chi connectivity index (χ3n) is 5.42. The summed E-state index contributed by atoms with van der Waals surface area (Å²) < 4.78 is 5.96. The van der Waals surface area contributed by atoms with E-state index < -0.39 is 6.10 Å². The second kappa shape index (κ2) is 7.21. The number of likely N-dealkylation sites (tertiary alicyclic amines) is 1. The first-order chi connectivity index (χ1) is 12.6. The zero-order chi connectivity index (χ0) is 18.1. The van der Waals surface area contributed by atoms with E-state index in [4.69, 9.17) is 9.40 Å². The number of hydrogen-bond donors (Lipinski definition) is 2. The predicted octanol–water partition coefficient (Wildman–Crippen LogP) is 2.08. The molecule has 2 fully saturated rings. The molecule has 0 aliphatic carbocycles. The monoisotopic (exact) mass is 355 g/mol. The van der Waals surface area contributed by atoms with Crippen LogP contribution in [0, 0.1) is 6.92 Å². The Bertz CT molecular complexity index is 766. The Morgan fingerprint density at radius 1 is 1.27 bits per heavy atom. The van der Waals surface area contributed by atoms with Crippen molar-refractivity contribution in [2.75, 3.05) is 19.6 Å². The van der Waals surface area contributed by atoms with Gasteiger partial charge in [0.2, 0.25) is 5.91 Å². The smallest absolute Gasteiger partial charge is 0.239 e. The third-order valence-corrected chi connectivity index (χ3v) is 5.42. The Hall–Kier alpha value is -2.18. The van der Waals surface area contributed by atoms with Crippen LogP contribution in [0.4, 0.5) is 0 Å². The number of benzene rings is 1. The quantitative estimate of drug-likeness (QED) is 0.881. The van der Waals surface area contributed by atoms with Gasteiger partial charge in [-0.15, -0.1) is 0 Å². The largest absolute Gasteiger partial charge is 0.445 e. The minimum atomic E-state index is -0.409. The van der Waals surface area contributed by atoms with Crippen molar-refractivity contribution in [1.82, 2.24) is 15.2 Å². The molecule has 2 aliphatic heterocycles. The van der Waals surface area contributed by atoms with Gasteiger partial charge in [-0.3, -0.25) is 4.79 Å². The summed E-state index contributed by atoms with van der Waals surface area (Å²) in [6.45, 7) is 3.87. The molecule has 6 nitrogen and oxygen atoms in total. The summed E-state index contributed by atoms with van der Waals surface area (Å²) >= 11 is 0. The van der Waals surface area contributed by atoms with E-state index in [1.807, 2.05) is 42.2 Å². The van der Waals surface area contributed by atoms with E-state index >= 15 is 0 Å². The van der Waals surface area contributed by atoms with Gasteiger partial charge in [0.25, 0.3) is 0 Å². The lowest BCUT2D eigenvalue weighted by atomic mass is 9.96. The maximum absolute atomic E-state index is 12.5. The predicted molar refractivity (Wildman–Crippen MR) is 97.6 cm³/mol. The Morgan fingerprint density at radius 2 is 2.00 bits per heavy atom. The fourth-order valence-electron chi connectivity index (χ4n) is 3.93. The first kappa shape index (κ1) is 17.2. The van der Waals surface area contributed by atoms with Gasteiger partial charge in [-0.1, -0.05) is 30.3 Å². The number of β-amino-alcohol motifs (C(OH)–C–C–N with tert-alkyl or cyclic N) is 1. The lowest BCUT2D eigenvalue weighted by Crippen LogP contribution is -2.46. The first-order valence-electron chi connectivity index (χ1n) is 9.35. The van der Waals surface area contributed by atoms with Gasteiger partial charge >= 0.3 is 0 Å². The van der Waals surface area contributed by atoms with Gasteiger partial charge < -0.3 is 19.7 Å². The standard InChI is InChI=1S/C20H25N3O3/c1-13-18(14-5-3-2-4-6-14)22-19(26-13)15-7-9-23(10-8-15)20(25)17-11-16(24)12-21-17/h2-6,15-17,21,24H,7-12H2,1H3/t16-,17+/m0/s1. The summed E-state index contributed by atoms with van der Waals surface area (Å²) in [5, 5.41) is 12.7. The first-order valence-corrected chi connectivity index (χ1v) is 9.35. The molecule has 2 N–H and O–H groups in total. The van der Waals surface area contributed by atoms with Crippen molar-refractivity contribution in [2.24, 2.45) is 0 Å². The molecule has 2 aliphatic rings. The van der Waals surface area contributed by atoms with Gasteiger partial charge in [-0.2, -0.15) is 0 Å². The fourth-order valence-corrected chi connectivity index (χ4v) is 3.93. The topological polar surface area (TPSA) is 78.6 Å². The number of aryl methyl sites for hydroxylation is 1. The molecule has 2 atom stereocenters. The summed E-state index contributed by atoms with van der Waals surface area (Å²) in [5.41, 5.74) is 1.97. The Balaban J connectivity index is 1.40. The summed E-state index contributed by atoms with van der Waals surface area (Å²) in [6.07, 6.45) is 1.82. The third kappa shape index (κ3) is 3.39. The Labute approximate surface area is 153 Å². The molecule has 4 rings (SSSR count). The number of aliphatic hydroxyl groups excluding tert-OH is 1. The van der Waals surface area contributed by atoms with E-state index in [0.29, 0.717) is 26.1 Å². The fraction of sp³-hybridized carbons (Fsp3) is 0.500. The van der Waals surface area contributed by atoms with Crippen molar-refractivity contribution in [2.45, 2.75) is 44.2 Å². The molecule has 1 aromatic carbocycles. The van der Waals surface area contributed by atoms with E-state index in [9.17, 15) is 9.90 Å². The van der Waals surface area contributed by atoms with E-state index in [1.54, 1.807) is 0 Å².